The maximum absolute atomic E-state index is 12.2. The van der Waals surface area contributed by atoms with Crippen LogP contribution >= 0.6 is 0 Å². The number of nitrogens with two attached hydrogens (primary N) is 1. The van der Waals surface area contributed by atoms with E-state index in [9.17, 15) is 19.2 Å². The molecular weight excluding hydrogens is 382 g/mol. The number of aromatic amines is 1. The predicted octanol–water partition coefficient (Wildman–Crippen LogP) is 0.502. The number of hydrogen-bond donors (Lipinski definition) is 2. The summed E-state index contributed by atoms with van der Waals surface area (Å²) in [4.78, 5) is 49.2. The molecule has 154 valence electrons. The summed E-state index contributed by atoms with van der Waals surface area (Å²) in [6.07, 6.45) is 2.59. The van der Waals surface area contributed by atoms with E-state index >= 15 is 0 Å². The van der Waals surface area contributed by atoms with Crippen molar-refractivity contribution in [2.45, 2.75) is 6.92 Å². The van der Waals surface area contributed by atoms with E-state index in [2.05, 4.69) is 0 Å². The largest absolute Gasteiger partial charge is 0.493 e. The third kappa shape index (κ3) is 5.12. The average molecular weight is 403 g/mol. The van der Waals surface area contributed by atoms with Gasteiger partial charge in [-0.2, -0.15) is 0 Å². The van der Waals surface area contributed by atoms with Crippen LogP contribution in [0.2, 0.25) is 0 Å². The second kappa shape index (κ2) is 9.40. The van der Waals surface area contributed by atoms with Gasteiger partial charge >= 0.3 is 11.7 Å². The first-order chi connectivity index (χ1) is 13.8. The molecule has 1 aromatic carbocycles. The van der Waals surface area contributed by atoms with Crippen molar-refractivity contribution in [1.29, 1.82) is 0 Å². The molecule has 3 N–H and O–H groups in total. The van der Waals surface area contributed by atoms with Crippen LogP contribution in [0.1, 0.15) is 22.8 Å². The summed E-state index contributed by atoms with van der Waals surface area (Å²) in [7, 11) is 2.79. The number of rotatable bonds is 8. The fraction of sp³-hybridized carbons (Fsp3) is 0.263. The van der Waals surface area contributed by atoms with Crippen LogP contribution in [0.3, 0.4) is 0 Å². The van der Waals surface area contributed by atoms with E-state index in [1.807, 2.05) is 11.9 Å². The summed E-state index contributed by atoms with van der Waals surface area (Å²) in [6, 6.07) is 5.09. The minimum atomic E-state index is -0.941. The fourth-order valence-corrected chi connectivity index (χ4v) is 2.39. The highest BCUT2D eigenvalue weighted by atomic mass is 16.5. The molecule has 0 radical (unpaired) electrons. The van der Waals surface area contributed by atoms with E-state index in [0.717, 1.165) is 10.6 Å². The number of H-pyrrole nitrogens is 1. The van der Waals surface area contributed by atoms with Crippen molar-refractivity contribution in [3.05, 3.63) is 56.2 Å². The summed E-state index contributed by atoms with van der Waals surface area (Å²) in [6.45, 7) is 1.62. The molecule has 0 atom stereocenters. The monoisotopic (exact) mass is 403 g/mol. The van der Waals surface area contributed by atoms with Gasteiger partial charge in [0.05, 0.1) is 13.7 Å². The van der Waals surface area contributed by atoms with E-state index in [1.54, 1.807) is 18.2 Å². The molecule has 0 saturated carbocycles. The number of nitrogen functional groups attached to an aromatic ring is 1. The average Bonchev–Trinajstić information content (AvgIpc) is 2.70. The Labute approximate surface area is 165 Å². The van der Waals surface area contributed by atoms with Crippen molar-refractivity contribution < 1.29 is 23.8 Å². The first-order valence-corrected chi connectivity index (χ1v) is 8.56. The van der Waals surface area contributed by atoms with Gasteiger partial charge in [-0.3, -0.25) is 19.1 Å². The second-order valence-electron chi connectivity index (χ2n) is 5.79. The minimum Gasteiger partial charge on any atom is -0.493 e. The van der Waals surface area contributed by atoms with Crippen LogP contribution in [0.4, 0.5) is 5.82 Å². The van der Waals surface area contributed by atoms with E-state index in [0.29, 0.717) is 23.7 Å². The van der Waals surface area contributed by atoms with E-state index < -0.39 is 35.2 Å². The smallest absolute Gasteiger partial charge is 0.331 e. The molecule has 0 aliphatic rings. The number of anilines is 1. The molecule has 0 unspecified atom stereocenters. The molecule has 2 aromatic rings. The number of nitrogens with one attached hydrogen (secondary N) is 1. The molecule has 10 nitrogen and oxygen atoms in total. The molecule has 1 aromatic heterocycles. The topological polar surface area (TPSA) is 143 Å². The third-order valence-electron chi connectivity index (χ3n) is 3.89. The van der Waals surface area contributed by atoms with Gasteiger partial charge in [0.1, 0.15) is 11.4 Å². The number of carbonyl (C=O) groups is 2. The van der Waals surface area contributed by atoms with Crippen molar-refractivity contribution in [2.75, 3.05) is 26.1 Å². The lowest BCUT2D eigenvalue weighted by molar-refractivity contribution is -0.136. The molecule has 29 heavy (non-hydrogen) atoms. The zero-order chi connectivity index (χ0) is 21.6. The molecule has 0 aliphatic heterocycles. The van der Waals surface area contributed by atoms with Crippen LogP contribution in [0, 0.1) is 0 Å². The van der Waals surface area contributed by atoms with Gasteiger partial charge in [-0.05, 0) is 30.7 Å². The van der Waals surface area contributed by atoms with Crippen LogP contribution in [0.25, 0.3) is 6.08 Å². The lowest BCUT2D eigenvalue weighted by Gasteiger charge is -2.09. The normalized spacial score (nSPS) is 10.7. The van der Waals surface area contributed by atoms with Gasteiger partial charge in [-0.25, -0.2) is 9.59 Å². The van der Waals surface area contributed by atoms with E-state index in [-0.39, 0.29) is 5.82 Å². The Morgan fingerprint density at radius 3 is 2.62 bits per heavy atom. The van der Waals surface area contributed by atoms with Gasteiger partial charge in [-0.1, -0.05) is 6.07 Å². The first-order valence-electron chi connectivity index (χ1n) is 8.56. The number of Topliss-reactive ketones (excluding diaryl/α,β-unsaturated/α-hetero) is 1. The van der Waals surface area contributed by atoms with E-state index in [4.69, 9.17) is 19.9 Å². The Bertz CT molecular complexity index is 1070. The van der Waals surface area contributed by atoms with Crippen molar-refractivity contribution in [1.82, 2.24) is 9.55 Å². The van der Waals surface area contributed by atoms with Crippen LogP contribution in [-0.4, -0.2) is 41.6 Å². The zero-order valence-electron chi connectivity index (χ0n) is 16.2. The summed E-state index contributed by atoms with van der Waals surface area (Å²) in [5.74, 6) is -0.867. The maximum Gasteiger partial charge on any atom is 0.331 e. The molecule has 0 fully saturated rings. The van der Waals surface area contributed by atoms with E-state index in [1.165, 1.54) is 20.2 Å². The van der Waals surface area contributed by atoms with Crippen molar-refractivity contribution in [2.24, 2.45) is 7.05 Å². The van der Waals surface area contributed by atoms with Crippen LogP contribution < -0.4 is 26.5 Å². The highest BCUT2D eigenvalue weighted by molar-refractivity contribution is 6.01. The zero-order valence-corrected chi connectivity index (χ0v) is 16.2. The Hall–Kier alpha value is -3.82. The standard InChI is InChI=1S/C19H21N3O7/c1-4-28-13-7-5-11(9-14(13)27-3)6-8-15(24)29-10-12(23)16-17(20)22(2)19(26)21-18(16)25/h5-9H,4,10,20H2,1-3H3,(H,21,25,26)/b8-6+. The Morgan fingerprint density at radius 1 is 1.24 bits per heavy atom. The number of nitrogens with zero attached hydrogens (tertiary/aromatic N) is 1. The van der Waals surface area contributed by atoms with Gasteiger partial charge in [-0.15, -0.1) is 0 Å². The Morgan fingerprint density at radius 2 is 1.97 bits per heavy atom. The molecule has 0 bridgehead atoms. The number of carbonyl (C=O) groups excluding carboxylic acids is 2. The number of ether oxygens (including phenoxy) is 3. The van der Waals surface area contributed by atoms with Crippen LogP contribution in [0.5, 0.6) is 11.5 Å². The molecule has 10 heteroatoms. The molecule has 2 rings (SSSR count). The van der Waals surface area contributed by atoms with Gasteiger partial charge in [0.15, 0.2) is 18.1 Å². The first kappa shape index (κ1) is 21.5. The lowest BCUT2D eigenvalue weighted by Crippen LogP contribution is -2.35. The molecule has 0 amide bonds. The summed E-state index contributed by atoms with van der Waals surface area (Å²) in [5.41, 5.74) is 4.14. The Kier molecular flexibility index (Phi) is 6.96. The van der Waals surface area contributed by atoms with Gasteiger partial charge in [0.25, 0.3) is 5.56 Å². The van der Waals surface area contributed by atoms with Gasteiger partial charge in [0, 0.05) is 13.1 Å². The molecule has 0 spiro atoms. The molecule has 0 saturated heterocycles. The number of esters is 1. The quantitative estimate of drug-likeness (QED) is 0.369. The summed E-state index contributed by atoms with van der Waals surface area (Å²) >= 11 is 0. The van der Waals surface area contributed by atoms with Crippen molar-refractivity contribution in [3.8, 4) is 11.5 Å². The van der Waals surface area contributed by atoms with Crippen LogP contribution in [-0.2, 0) is 16.6 Å². The van der Waals surface area contributed by atoms with Crippen molar-refractivity contribution >= 4 is 23.6 Å². The van der Waals surface area contributed by atoms with Gasteiger partial charge < -0.3 is 19.9 Å². The van der Waals surface area contributed by atoms with Gasteiger partial charge in [0.2, 0.25) is 5.78 Å². The van der Waals surface area contributed by atoms with Crippen LogP contribution in [0.15, 0.2) is 33.9 Å². The number of ketones is 1. The minimum absolute atomic E-state index is 0.308. The lowest BCUT2D eigenvalue weighted by atomic mass is 10.2. The summed E-state index contributed by atoms with van der Waals surface area (Å²) < 4.78 is 16.4. The highest BCUT2D eigenvalue weighted by Crippen LogP contribution is 2.28. The van der Waals surface area contributed by atoms with Crippen molar-refractivity contribution in [3.63, 3.8) is 0 Å². The SMILES string of the molecule is CCOc1ccc(/C=C/C(=O)OCC(=O)c2c(N)n(C)c(=O)[nH]c2=O)cc1OC. The predicted molar refractivity (Wildman–Crippen MR) is 105 cm³/mol. The highest BCUT2D eigenvalue weighted by Gasteiger charge is 2.19. The maximum atomic E-state index is 12.2. The Balaban J connectivity index is 2.05. The third-order valence-corrected chi connectivity index (χ3v) is 3.89. The number of methoxy groups -OCH3 is 1. The molecule has 0 aliphatic carbocycles. The number of aromatic nitrogens is 2. The molecule has 1 heterocycles. The fourth-order valence-electron chi connectivity index (χ4n) is 2.39. The second-order valence-corrected chi connectivity index (χ2v) is 5.79. The number of hydrogen-bond acceptors (Lipinski definition) is 8. The number of benzene rings is 1. The molecular formula is C19H21N3O7. The summed E-state index contributed by atoms with van der Waals surface area (Å²) in [5, 5.41) is 0.